The summed E-state index contributed by atoms with van der Waals surface area (Å²) in [5.74, 6) is 0. The van der Waals surface area contributed by atoms with Crippen LogP contribution in [0.1, 0.15) is 12.0 Å². The number of ether oxygens (including phenoxy) is 1. The first-order valence-electron chi connectivity index (χ1n) is 5.96. The highest BCUT2D eigenvalue weighted by atomic mass is 16.5. The SMILES string of the molecule is CN1C[C@H](OCc2ccccc2)C[C@H]1C(N)O. The van der Waals surface area contributed by atoms with E-state index in [1.807, 2.05) is 37.4 Å². The first-order valence-corrected chi connectivity index (χ1v) is 5.96. The van der Waals surface area contributed by atoms with Crippen LogP contribution in [0.2, 0.25) is 0 Å². The Morgan fingerprint density at radius 1 is 1.47 bits per heavy atom. The Hall–Kier alpha value is -0.940. The molecule has 0 aromatic heterocycles. The third kappa shape index (κ3) is 3.26. The van der Waals surface area contributed by atoms with Crippen molar-refractivity contribution < 1.29 is 9.84 Å². The van der Waals surface area contributed by atoms with E-state index < -0.39 is 6.23 Å². The van der Waals surface area contributed by atoms with Crippen molar-refractivity contribution in [1.82, 2.24) is 4.90 Å². The average Bonchev–Trinajstić information content (AvgIpc) is 2.69. The van der Waals surface area contributed by atoms with Crippen LogP contribution in [0.25, 0.3) is 0 Å². The molecule has 3 N–H and O–H groups in total. The van der Waals surface area contributed by atoms with Crippen molar-refractivity contribution >= 4 is 0 Å². The minimum atomic E-state index is -0.787. The number of hydrogen-bond donors (Lipinski definition) is 2. The van der Waals surface area contributed by atoms with Crippen LogP contribution < -0.4 is 5.73 Å². The largest absolute Gasteiger partial charge is 0.377 e. The lowest BCUT2D eigenvalue weighted by molar-refractivity contribution is 0.0466. The molecule has 0 spiro atoms. The summed E-state index contributed by atoms with van der Waals surface area (Å²) in [7, 11) is 1.96. The molecular weight excluding hydrogens is 216 g/mol. The van der Waals surface area contributed by atoms with Gasteiger partial charge >= 0.3 is 0 Å². The van der Waals surface area contributed by atoms with Crippen LogP contribution in [0.3, 0.4) is 0 Å². The molecule has 1 aliphatic heterocycles. The normalized spacial score (nSPS) is 27.2. The maximum Gasteiger partial charge on any atom is 0.118 e. The molecule has 0 amide bonds. The lowest BCUT2D eigenvalue weighted by atomic mass is 10.2. The highest BCUT2D eigenvalue weighted by Crippen LogP contribution is 2.20. The molecular formula is C13H20N2O2. The third-order valence-corrected chi connectivity index (χ3v) is 3.28. The summed E-state index contributed by atoms with van der Waals surface area (Å²) < 4.78 is 5.83. The van der Waals surface area contributed by atoms with Crippen LogP contribution in [0.15, 0.2) is 30.3 Å². The summed E-state index contributed by atoms with van der Waals surface area (Å²) in [5.41, 5.74) is 6.69. The van der Waals surface area contributed by atoms with Gasteiger partial charge in [0.05, 0.1) is 18.8 Å². The van der Waals surface area contributed by atoms with E-state index in [4.69, 9.17) is 10.5 Å². The average molecular weight is 236 g/mol. The van der Waals surface area contributed by atoms with Crippen molar-refractivity contribution in [3.8, 4) is 0 Å². The summed E-state index contributed by atoms with van der Waals surface area (Å²) in [6.07, 6.45) is 0.162. The predicted molar refractivity (Wildman–Crippen MR) is 66.2 cm³/mol. The van der Waals surface area contributed by atoms with E-state index in [0.29, 0.717) is 6.61 Å². The number of nitrogens with zero attached hydrogens (tertiary/aromatic N) is 1. The van der Waals surface area contributed by atoms with Gasteiger partial charge in [-0.1, -0.05) is 30.3 Å². The smallest absolute Gasteiger partial charge is 0.118 e. The predicted octanol–water partition coefficient (Wildman–Crippen LogP) is 0.553. The molecule has 1 unspecified atom stereocenters. The maximum atomic E-state index is 9.41. The van der Waals surface area contributed by atoms with Crippen molar-refractivity contribution in [2.75, 3.05) is 13.6 Å². The summed E-state index contributed by atoms with van der Waals surface area (Å²) >= 11 is 0. The van der Waals surface area contributed by atoms with Gasteiger partial charge in [-0.05, 0) is 19.0 Å². The van der Waals surface area contributed by atoms with Crippen LogP contribution in [0.4, 0.5) is 0 Å². The summed E-state index contributed by atoms with van der Waals surface area (Å²) in [5, 5.41) is 9.41. The molecule has 3 atom stereocenters. The molecule has 1 heterocycles. The molecule has 1 aliphatic rings. The van der Waals surface area contributed by atoms with Crippen LogP contribution >= 0.6 is 0 Å². The molecule has 4 heteroatoms. The van der Waals surface area contributed by atoms with Gasteiger partial charge in [0.1, 0.15) is 6.23 Å². The second-order valence-corrected chi connectivity index (χ2v) is 4.65. The van der Waals surface area contributed by atoms with Gasteiger partial charge in [0.25, 0.3) is 0 Å². The number of nitrogens with two attached hydrogens (primary N) is 1. The highest BCUT2D eigenvalue weighted by molar-refractivity contribution is 5.13. The topological polar surface area (TPSA) is 58.7 Å². The Bertz CT molecular complexity index is 343. The highest BCUT2D eigenvalue weighted by Gasteiger charge is 2.33. The molecule has 0 saturated carbocycles. The molecule has 0 bridgehead atoms. The molecule has 17 heavy (non-hydrogen) atoms. The number of aliphatic hydroxyl groups is 1. The molecule has 2 rings (SSSR count). The second kappa shape index (κ2) is 5.60. The Morgan fingerprint density at radius 3 is 2.76 bits per heavy atom. The number of hydrogen-bond acceptors (Lipinski definition) is 4. The zero-order valence-corrected chi connectivity index (χ0v) is 10.1. The van der Waals surface area contributed by atoms with Gasteiger partial charge in [-0.3, -0.25) is 4.90 Å². The van der Waals surface area contributed by atoms with Gasteiger partial charge in [-0.15, -0.1) is 0 Å². The molecule has 0 aliphatic carbocycles. The first-order chi connectivity index (χ1) is 8.16. The van der Waals surface area contributed by atoms with Crippen LogP contribution in [-0.2, 0) is 11.3 Å². The van der Waals surface area contributed by atoms with Gasteiger partial charge in [0.15, 0.2) is 0 Å². The summed E-state index contributed by atoms with van der Waals surface area (Å²) in [6, 6.07) is 10.1. The molecule has 94 valence electrons. The van der Waals surface area contributed by atoms with Crippen LogP contribution in [0, 0.1) is 0 Å². The Labute approximate surface area is 102 Å². The van der Waals surface area contributed by atoms with Gasteiger partial charge < -0.3 is 15.6 Å². The fourth-order valence-corrected chi connectivity index (χ4v) is 2.29. The quantitative estimate of drug-likeness (QED) is 0.750. The van der Waals surface area contributed by atoms with E-state index in [0.717, 1.165) is 13.0 Å². The Kier molecular flexibility index (Phi) is 4.12. The Morgan fingerprint density at radius 2 is 2.18 bits per heavy atom. The molecule has 1 aromatic carbocycles. The number of aliphatic hydroxyl groups excluding tert-OH is 1. The van der Waals surface area contributed by atoms with Gasteiger partial charge in [-0.2, -0.15) is 0 Å². The minimum Gasteiger partial charge on any atom is -0.377 e. The number of likely N-dealkylation sites (tertiary alicyclic amines) is 1. The van der Waals surface area contributed by atoms with Crippen molar-refractivity contribution in [3.63, 3.8) is 0 Å². The number of likely N-dealkylation sites (N-methyl/N-ethyl adjacent to an activating group) is 1. The molecule has 1 fully saturated rings. The second-order valence-electron chi connectivity index (χ2n) is 4.65. The van der Waals surface area contributed by atoms with E-state index in [-0.39, 0.29) is 12.1 Å². The van der Waals surface area contributed by atoms with E-state index in [1.165, 1.54) is 5.56 Å². The first kappa shape index (κ1) is 12.5. The number of rotatable bonds is 4. The maximum absolute atomic E-state index is 9.41. The lowest BCUT2D eigenvalue weighted by Gasteiger charge is -2.20. The lowest BCUT2D eigenvalue weighted by Crippen LogP contribution is -2.41. The van der Waals surface area contributed by atoms with Crippen LogP contribution in [0.5, 0.6) is 0 Å². The monoisotopic (exact) mass is 236 g/mol. The van der Waals surface area contributed by atoms with Crippen molar-refractivity contribution in [3.05, 3.63) is 35.9 Å². The summed E-state index contributed by atoms with van der Waals surface area (Å²) in [6.45, 7) is 1.44. The fraction of sp³-hybridized carbons (Fsp3) is 0.538. The zero-order chi connectivity index (χ0) is 12.3. The van der Waals surface area contributed by atoms with E-state index in [1.54, 1.807) is 0 Å². The van der Waals surface area contributed by atoms with Crippen molar-refractivity contribution in [1.29, 1.82) is 0 Å². The summed E-state index contributed by atoms with van der Waals surface area (Å²) in [4.78, 5) is 2.06. The van der Waals surface area contributed by atoms with Gasteiger partial charge in [-0.25, -0.2) is 0 Å². The minimum absolute atomic E-state index is 0.00998. The van der Waals surface area contributed by atoms with Gasteiger partial charge in [0, 0.05) is 6.54 Å². The molecule has 4 nitrogen and oxygen atoms in total. The number of benzene rings is 1. The molecule has 1 aromatic rings. The van der Waals surface area contributed by atoms with Crippen molar-refractivity contribution in [2.45, 2.75) is 31.4 Å². The van der Waals surface area contributed by atoms with E-state index in [2.05, 4.69) is 4.90 Å². The van der Waals surface area contributed by atoms with E-state index in [9.17, 15) is 5.11 Å². The molecule has 0 radical (unpaired) electrons. The van der Waals surface area contributed by atoms with Crippen LogP contribution in [-0.4, -0.2) is 42.0 Å². The fourth-order valence-electron chi connectivity index (χ4n) is 2.29. The van der Waals surface area contributed by atoms with E-state index >= 15 is 0 Å². The molecule has 1 saturated heterocycles. The van der Waals surface area contributed by atoms with Gasteiger partial charge in [0.2, 0.25) is 0 Å². The zero-order valence-electron chi connectivity index (χ0n) is 10.1. The Balaban J connectivity index is 1.82. The van der Waals surface area contributed by atoms with Crippen molar-refractivity contribution in [2.24, 2.45) is 5.73 Å². The third-order valence-electron chi connectivity index (χ3n) is 3.28. The standard InChI is InChI=1S/C13H20N2O2/c1-15-8-11(7-12(15)13(14)16)17-9-10-5-3-2-4-6-10/h2-6,11-13,16H,7-9,14H2,1H3/t11-,12+,13?/m1/s1.